The lowest BCUT2D eigenvalue weighted by Crippen LogP contribution is -2.62. The molecule has 22 amide bonds. The number of amides is 22. The number of carbonyl (C=O) groups excluding carboxylic acids is 15. The van der Waals surface area contributed by atoms with Gasteiger partial charge in [-0.05, 0) is 161 Å². The highest BCUT2D eigenvalue weighted by atomic mass is 16.2. The van der Waals surface area contributed by atoms with Gasteiger partial charge in [0, 0.05) is 151 Å². The van der Waals surface area contributed by atoms with Crippen LogP contribution in [0, 0.1) is 0 Å². The Morgan fingerprint density at radius 2 is 0.391 bits per heavy atom. The zero-order valence-electron chi connectivity index (χ0n) is 63.0. The molecule has 0 radical (unpaired) electrons. The first-order valence-corrected chi connectivity index (χ1v) is 40.9. The Hall–Kier alpha value is -9.43. The van der Waals surface area contributed by atoms with Crippen molar-refractivity contribution in [3.8, 4) is 0 Å². The van der Waals surface area contributed by atoms with Gasteiger partial charge < -0.3 is 39.6 Å². The summed E-state index contributed by atoms with van der Waals surface area (Å²) in [6.45, 7) is 6.90. The van der Waals surface area contributed by atoms with Crippen molar-refractivity contribution in [2.24, 2.45) is 0 Å². The first-order valence-electron chi connectivity index (χ1n) is 40.9. The highest BCUT2D eigenvalue weighted by Gasteiger charge is 2.55. The summed E-state index contributed by atoms with van der Waals surface area (Å²) in [5, 5.41) is 24.3. The van der Waals surface area contributed by atoms with Gasteiger partial charge in [0.25, 0.3) is 47.3 Å². The molecule has 39 heteroatoms. The standard InChI is InChI=1S/C71H106N24O15/c96-57(49-17-1-25-72-49)82-35-10-42-89(82)66(105)75-28-3-19-51(75)59(98)84-37-12-44-91(84)68(107)77-30-5-21-53(77)61(100)86-39-14-46-93(86)70(109)79-32-7-23-55(79)63(102)88-41-16-48-95(88)71(110)80-33-8-24-56(80)64(103)87-40-15-47-94(87)69(108)78-31-6-22-54(78)62(101)85-38-13-45-92(85)67(106)76-29-4-20-52(76)60(99)83-36-11-43-90(83)65(104)74-27-2-18-50(74)58(97)81-34-9-26-73-81/h49-56,72-73H,1-48H2/t49-,50-,51-,52-,53-,54-,55-,56-/m0/s1. The summed E-state index contributed by atoms with van der Waals surface area (Å²) in [6.07, 6.45) is 11.8. The van der Waals surface area contributed by atoms with E-state index >= 15 is 0 Å². The number of rotatable bonds is 8. The summed E-state index contributed by atoms with van der Waals surface area (Å²) >= 11 is 0. The average Bonchev–Trinajstić information content (AvgIpc) is 1.62. The Bertz CT molecular complexity index is 3440. The van der Waals surface area contributed by atoms with E-state index < -0.39 is 120 Å². The van der Waals surface area contributed by atoms with Crippen molar-refractivity contribution in [1.29, 1.82) is 0 Å². The first-order chi connectivity index (χ1) is 53.4. The minimum Gasteiger partial charge on any atom is -0.311 e. The van der Waals surface area contributed by atoms with E-state index in [1.165, 1.54) is 99.5 Å². The van der Waals surface area contributed by atoms with Crippen LogP contribution in [0.2, 0.25) is 0 Å². The van der Waals surface area contributed by atoms with Crippen molar-refractivity contribution >= 4 is 89.5 Å². The van der Waals surface area contributed by atoms with Crippen molar-refractivity contribution in [3.05, 3.63) is 0 Å². The van der Waals surface area contributed by atoms with E-state index in [2.05, 4.69) is 10.7 Å². The third kappa shape index (κ3) is 13.4. The van der Waals surface area contributed by atoms with Crippen LogP contribution in [-0.4, -0.2) is 404 Å². The molecule has 110 heavy (non-hydrogen) atoms. The quantitative estimate of drug-likeness (QED) is 0.315. The van der Waals surface area contributed by atoms with Gasteiger partial charge in [0.1, 0.15) is 42.3 Å². The van der Waals surface area contributed by atoms with Gasteiger partial charge in [-0.1, -0.05) is 0 Å². The minimum atomic E-state index is -0.995. The summed E-state index contributed by atoms with van der Waals surface area (Å²) in [7, 11) is 0. The van der Waals surface area contributed by atoms with Crippen LogP contribution in [0.25, 0.3) is 0 Å². The molecule has 16 aliphatic heterocycles. The molecule has 600 valence electrons. The molecule has 0 spiro atoms. The van der Waals surface area contributed by atoms with Crippen molar-refractivity contribution in [1.82, 2.24) is 120 Å². The van der Waals surface area contributed by atoms with Crippen LogP contribution in [0.1, 0.15) is 154 Å². The number of hydrazine groups is 8. The lowest BCUT2D eigenvalue weighted by molar-refractivity contribution is -0.149. The maximum absolute atomic E-state index is 15.0. The smallest absolute Gasteiger partial charge is 0.311 e. The van der Waals surface area contributed by atoms with Crippen LogP contribution >= 0.6 is 0 Å². The Balaban J connectivity index is 0.522. The summed E-state index contributed by atoms with van der Waals surface area (Å²) in [6, 6.07) is -10.2. The fourth-order valence-corrected chi connectivity index (χ4v) is 20.1. The van der Waals surface area contributed by atoms with E-state index in [1.54, 1.807) is 9.91 Å². The molecule has 0 aromatic heterocycles. The second kappa shape index (κ2) is 31.4. The molecule has 0 aromatic carbocycles. The van der Waals surface area contributed by atoms with E-state index in [4.69, 9.17) is 0 Å². The number of likely N-dealkylation sites (tertiary alicyclic amines) is 7. The van der Waals surface area contributed by atoms with Crippen molar-refractivity contribution in [2.75, 3.05) is 157 Å². The number of hydrogen-bond donors (Lipinski definition) is 2. The van der Waals surface area contributed by atoms with Gasteiger partial charge >= 0.3 is 42.2 Å². The normalized spacial score (nSPS) is 28.7. The third-order valence-corrected chi connectivity index (χ3v) is 25.5. The Morgan fingerprint density at radius 1 is 0.182 bits per heavy atom. The number of urea groups is 7. The molecule has 16 rings (SSSR count). The van der Waals surface area contributed by atoms with Crippen LogP contribution in [0.5, 0.6) is 0 Å². The fourth-order valence-electron chi connectivity index (χ4n) is 20.1. The highest BCUT2D eigenvalue weighted by molar-refractivity contribution is 5.97. The van der Waals surface area contributed by atoms with Crippen LogP contribution in [0.15, 0.2) is 0 Å². The van der Waals surface area contributed by atoms with Crippen molar-refractivity contribution in [3.63, 3.8) is 0 Å². The maximum Gasteiger partial charge on any atom is 0.339 e. The number of carbonyl (C=O) groups is 15. The Labute approximate surface area is 638 Å². The number of nitrogens with one attached hydrogen (secondary N) is 2. The molecule has 16 heterocycles. The van der Waals surface area contributed by atoms with E-state index in [0.717, 1.165) is 19.4 Å². The first kappa shape index (κ1) is 74.7. The molecule has 16 saturated heterocycles. The molecule has 16 aliphatic rings. The van der Waals surface area contributed by atoms with Crippen LogP contribution in [-0.2, 0) is 38.4 Å². The van der Waals surface area contributed by atoms with Gasteiger partial charge in [0.05, 0.1) is 6.04 Å². The lowest BCUT2D eigenvalue weighted by atomic mass is 10.2. The number of hydrogen-bond acceptors (Lipinski definition) is 17. The van der Waals surface area contributed by atoms with Gasteiger partial charge in [0.15, 0.2) is 0 Å². The van der Waals surface area contributed by atoms with Crippen LogP contribution in [0.4, 0.5) is 33.6 Å². The molecular weight excluding hydrogens is 1430 g/mol. The van der Waals surface area contributed by atoms with E-state index in [9.17, 15) is 71.9 Å². The fraction of sp³-hybridized carbons (Fsp3) is 0.789. The topological polar surface area (TPSA) is 351 Å². The second-order valence-electron chi connectivity index (χ2n) is 31.9. The molecule has 16 fully saturated rings. The zero-order valence-corrected chi connectivity index (χ0v) is 63.0. The second-order valence-corrected chi connectivity index (χ2v) is 31.9. The Kier molecular flexibility index (Phi) is 21.3. The van der Waals surface area contributed by atoms with Gasteiger partial charge in [0.2, 0.25) is 0 Å². The average molecular weight is 1540 g/mol. The van der Waals surface area contributed by atoms with Crippen molar-refractivity contribution in [2.45, 2.75) is 202 Å². The summed E-state index contributed by atoms with van der Waals surface area (Å²) in [4.78, 5) is 229. The molecule has 2 N–H and O–H groups in total. The molecular formula is C71H106N24O15. The lowest BCUT2D eigenvalue weighted by Gasteiger charge is -2.40. The van der Waals surface area contributed by atoms with Gasteiger partial charge in [-0.2, -0.15) is 0 Å². The predicted molar refractivity (Wildman–Crippen MR) is 382 cm³/mol. The van der Waals surface area contributed by atoms with E-state index in [1.807, 2.05) is 0 Å². The van der Waals surface area contributed by atoms with E-state index in [-0.39, 0.29) is 142 Å². The third-order valence-electron chi connectivity index (χ3n) is 25.5. The SMILES string of the molecule is O=C([C@@H]1CCCN1C(=O)N1CCCN1C(=O)[C@@H]1CCCN1C(=O)N1CCCN1C(=O)[C@@H]1CCCN1C(=O)N1CCCN1C(=O)[C@@H]1CCCN1C(=O)N1CCCN1C(=O)[C@@H]1CCCN1C(=O)N1CCCN1C(=O)[C@@H]1CCCN1C(=O)N1CCCN1C(=O)[C@@H]1CCCN1C(=O)N1CCCN1C(=O)[C@@H]1CCCN1)N1CCCN1. The molecule has 0 unspecified atom stereocenters. The monoisotopic (exact) mass is 1530 g/mol. The van der Waals surface area contributed by atoms with E-state index in [0.29, 0.717) is 168 Å². The predicted octanol–water partition coefficient (Wildman–Crippen LogP) is -0.289. The Morgan fingerprint density at radius 3 is 0.591 bits per heavy atom. The van der Waals surface area contributed by atoms with Crippen LogP contribution < -0.4 is 10.7 Å². The number of nitrogens with zero attached hydrogens (tertiary/aromatic N) is 22. The van der Waals surface area contributed by atoms with Crippen molar-refractivity contribution < 1.29 is 71.9 Å². The molecule has 8 atom stereocenters. The molecule has 0 saturated carbocycles. The summed E-state index contributed by atoms with van der Waals surface area (Å²) in [5.74, 6) is -3.00. The summed E-state index contributed by atoms with van der Waals surface area (Å²) in [5.41, 5.74) is 3.09. The molecule has 0 aliphatic carbocycles. The maximum atomic E-state index is 15.0. The van der Waals surface area contributed by atoms with Crippen LogP contribution in [0.3, 0.4) is 0 Å². The minimum absolute atomic E-state index is 0.154. The highest BCUT2D eigenvalue weighted by Crippen LogP contribution is 2.36. The zero-order chi connectivity index (χ0) is 76.3. The summed E-state index contributed by atoms with van der Waals surface area (Å²) < 4.78 is 0. The molecule has 39 nitrogen and oxygen atoms in total. The van der Waals surface area contributed by atoms with Gasteiger partial charge in [-0.15, -0.1) is 0 Å². The van der Waals surface area contributed by atoms with Gasteiger partial charge in [-0.3, -0.25) is 43.4 Å². The molecule has 0 aromatic rings. The van der Waals surface area contributed by atoms with Gasteiger partial charge in [-0.25, -0.2) is 109 Å². The largest absolute Gasteiger partial charge is 0.339 e. The molecule has 0 bridgehead atoms.